The molecule has 3 aromatic heterocycles. The summed E-state index contributed by atoms with van der Waals surface area (Å²) in [5.74, 6) is -0.969. The summed E-state index contributed by atoms with van der Waals surface area (Å²) in [7, 11) is 0. The number of hydrogen-bond acceptors (Lipinski definition) is 6. The molecule has 9 heteroatoms. The number of aryl methyl sites for hydroxylation is 3. The van der Waals surface area contributed by atoms with Crippen LogP contribution in [-0.2, 0) is 6.54 Å². The van der Waals surface area contributed by atoms with Gasteiger partial charge in [0.2, 0.25) is 5.95 Å². The number of hydrogen-bond donors (Lipinski definition) is 1. The zero-order valence-electron chi connectivity index (χ0n) is 13.4. The first kappa shape index (κ1) is 15.8. The number of carbonyl (C=O) groups excluding carboxylic acids is 1. The Labute approximate surface area is 136 Å². The highest BCUT2D eigenvalue weighted by Crippen LogP contribution is 2.21. The summed E-state index contributed by atoms with van der Waals surface area (Å²) in [4.78, 5) is 16.5. The zero-order chi connectivity index (χ0) is 17.3. The van der Waals surface area contributed by atoms with E-state index in [9.17, 15) is 9.18 Å². The highest BCUT2D eigenvalue weighted by molar-refractivity contribution is 6.06. The van der Waals surface area contributed by atoms with Crippen molar-refractivity contribution in [1.29, 1.82) is 0 Å². The number of fused-ring (bicyclic) bond motifs is 1. The minimum atomic E-state index is -0.507. The second-order valence-corrected chi connectivity index (χ2v) is 5.16. The molecule has 1 N–H and O–H groups in total. The van der Waals surface area contributed by atoms with E-state index in [1.165, 1.54) is 17.1 Å². The fourth-order valence-corrected chi connectivity index (χ4v) is 2.31. The van der Waals surface area contributed by atoms with E-state index in [0.29, 0.717) is 28.9 Å². The quantitative estimate of drug-likeness (QED) is 0.582. The van der Waals surface area contributed by atoms with Gasteiger partial charge >= 0.3 is 0 Å². The highest BCUT2D eigenvalue weighted by atomic mass is 19.1. The lowest BCUT2D eigenvalue weighted by atomic mass is 10.1. The third-order valence-electron chi connectivity index (χ3n) is 3.46. The van der Waals surface area contributed by atoms with Crippen LogP contribution in [0.2, 0.25) is 0 Å². The van der Waals surface area contributed by atoms with Gasteiger partial charge in [-0.2, -0.15) is 14.6 Å². The molecule has 24 heavy (non-hydrogen) atoms. The lowest BCUT2D eigenvalue weighted by molar-refractivity contribution is 0.0956. The molecule has 0 fully saturated rings. The van der Waals surface area contributed by atoms with Crippen molar-refractivity contribution in [3.05, 3.63) is 40.7 Å². The number of nitrogens with one attached hydrogen (secondary N) is 1. The summed E-state index contributed by atoms with van der Waals surface area (Å²) < 4.78 is 20.1. The summed E-state index contributed by atoms with van der Waals surface area (Å²) in [5, 5.41) is 12.0. The molecule has 0 aliphatic carbocycles. The monoisotopic (exact) mass is 330 g/mol. The van der Waals surface area contributed by atoms with Crippen LogP contribution in [0.4, 0.5) is 4.39 Å². The standard InChI is InChI=1S/C15H15FN6O2/c1-4-22-13(16)10(7-18-22)6-17-20-14(23)11-5-8(2)19-15-12(11)9(3)21-24-15/h5-7H,4H2,1-3H3,(H,20,23)/b17-6-. The average molecular weight is 330 g/mol. The van der Waals surface area contributed by atoms with Crippen LogP contribution >= 0.6 is 0 Å². The molecule has 3 aromatic rings. The third kappa shape index (κ3) is 2.75. The van der Waals surface area contributed by atoms with Crippen molar-refractivity contribution in [2.75, 3.05) is 0 Å². The Kier molecular flexibility index (Phi) is 4.07. The van der Waals surface area contributed by atoms with Gasteiger partial charge in [-0.05, 0) is 26.8 Å². The smallest absolute Gasteiger partial charge is 0.272 e. The number of amides is 1. The zero-order valence-corrected chi connectivity index (χ0v) is 13.4. The SMILES string of the molecule is CCn1ncc(/C=N\NC(=O)c2cc(C)nc3onc(C)c23)c1F. The fourth-order valence-electron chi connectivity index (χ4n) is 2.31. The average Bonchev–Trinajstić information content (AvgIpc) is 3.10. The number of hydrazone groups is 1. The summed E-state index contributed by atoms with van der Waals surface area (Å²) in [6.45, 7) is 5.65. The van der Waals surface area contributed by atoms with Crippen molar-refractivity contribution in [3.8, 4) is 0 Å². The Morgan fingerprint density at radius 2 is 2.29 bits per heavy atom. The van der Waals surface area contributed by atoms with Crippen LogP contribution < -0.4 is 5.43 Å². The van der Waals surface area contributed by atoms with Gasteiger partial charge in [0.05, 0.1) is 34.6 Å². The maximum absolute atomic E-state index is 13.8. The van der Waals surface area contributed by atoms with Crippen LogP contribution in [0.1, 0.15) is 34.2 Å². The minimum Gasteiger partial charge on any atom is -0.336 e. The van der Waals surface area contributed by atoms with E-state index in [0.717, 1.165) is 0 Å². The first-order chi connectivity index (χ1) is 11.5. The van der Waals surface area contributed by atoms with Gasteiger partial charge < -0.3 is 4.52 Å². The highest BCUT2D eigenvalue weighted by Gasteiger charge is 2.17. The van der Waals surface area contributed by atoms with Crippen molar-refractivity contribution < 1.29 is 13.7 Å². The van der Waals surface area contributed by atoms with Gasteiger partial charge in [-0.25, -0.2) is 15.1 Å². The van der Waals surface area contributed by atoms with Crippen LogP contribution in [0.15, 0.2) is 21.9 Å². The molecule has 0 bridgehead atoms. The van der Waals surface area contributed by atoms with E-state index in [-0.39, 0.29) is 11.3 Å². The van der Waals surface area contributed by atoms with Gasteiger partial charge in [-0.15, -0.1) is 0 Å². The predicted molar refractivity (Wildman–Crippen MR) is 84.2 cm³/mol. The third-order valence-corrected chi connectivity index (χ3v) is 3.46. The second kappa shape index (κ2) is 6.19. The van der Waals surface area contributed by atoms with E-state index in [1.54, 1.807) is 26.8 Å². The first-order valence-corrected chi connectivity index (χ1v) is 7.29. The number of aromatic nitrogens is 4. The topological polar surface area (TPSA) is 98.2 Å². The van der Waals surface area contributed by atoms with Crippen LogP contribution in [-0.4, -0.2) is 32.0 Å². The van der Waals surface area contributed by atoms with E-state index in [4.69, 9.17) is 4.52 Å². The largest absolute Gasteiger partial charge is 0.336 e. The number of nitrogens with zero attached hydrogens (tertiary/aromatic N) is 5. The van der Waals surface area contributed by atoms with Crippen LogP contribution in [0, 0.1) is 19.8 Å². The van der Waals surface area contributed by atoms with E-state index in [1.807, 2.05) is 0 Å². The maximum atomic E-state index is 13.8. The molecule has 0 aromatic carbocycles. The van der Waals surface area contributed by atoms with E-state index in [2.05, 4.69) is 25.8 Å². The summed E-state index contributed by atoms with van der Waals surface area (Å²) >= 11 is 0. The molecule has 0 atom stereocenters. The van der Waals surface area contributed by atoms with Gasteiger partial charge in [0.15, 0.2) is 0 Å². The summed E-state index contributed by atoms with van der Waals surface area (Å²) in [6, 6.07) is 1.62. The van der Waals surface area contributed by atoms with Gasteiger partial charge in [-0.1, -0.05) is 5.16 Å². The lowest BCUT2D eigenvalue weighted by Gasteiger charge is -2.02. The Hall–Kier alpha value is -3.10. The van der Waals surface area contributed by atoms with Gasteiger partial charge in [-0.3, -0.25) is 4.79 Å². The van der Waals surface area contributed by atoms with Gasteiger partial charge in [0.1, 0.15) is 0 Å². The van der Waals surface area contributed by atoms with Crippen LogP contribution in [0.25, 0.3) is 11.1 Å². The molecule has 0 saturated heterocycles. The minimum absolute atomic E-state index is 0.189. The molecular weight excluding hydrogens is 315 g/mol. The molecule has 8 nitrogen and oxygen atoms in total. The Morgan fingerprint density at radius 1 is 1.50 bits per heavy atom. The molecule has 124 valence electrons. The molecule has 0 aliphatic heterocycles. The van der Waals surface area contributed by atoms with Gasteiger partial charge in [0.25, 0.3) is 11.6 Å². The number of halogens is 1. The van der Waals surface area contributed by atoms with Crippen molar-refractivity contribution in [2.45, 2.75) is 27.3 Å². The van der Waals surface area contributed by atoms with Crippen LogP contribution in [0.3, 0.4) is 0 Å². The second-order valence-electron chi connectivity index (χ2n) is 5.16. The Bertz CT molecular complexity index is 943. The van der Waals surface area contributed by atoms with Crippen molar-refractivity contribution in [1.82, 2.24) is 25.3 Å². The molecule has 3 heterocycles. The van der Waals surface area contributed by atoms with E-state index >= 15 is 0 Å². The molecule has 1 amide bonds. The van der Waals surface area contributed by atoms with Crippen molar-refractivity contribution in [3.63, 3.8) is 0 Å². The Morgan fingerprint density at radius 3 is 3.00 bits per heavy atom. The molecule has 0 radical (unpaired) electrons. The molecule has 0 saturated carbocycles. The number of carbonyl (C=O) groups is 1. The molecule has 0 aliphatic rings. The number of pyridine rings is 1. The maximum Gasteiger partial charge on any atom is 0.272 e. The van der Waals surface area contributed by atoms with E-state index < -0.39 is 11.9 Å². The normalized spacial score (nSPS) is 11.5. The molecule has 0 unspecified atom stereocenters. The van der Waals surface area contributed by atoms with Crippen LogP contribution in [0.5, 0.6) is 0 Å². The molecule has 3 rings (SSSR count). The Balaban J connectivity index is 1.84. The number of rotatable bonds is 4. The van der Waals surface area contributed by atoms with Crippen molar-refractivity contribution >= 4 is 23.2 Å². The van der Waals surface area contributed by atoms with Crippen molar-refractivity contribution in [2.24, 2.45) is 5.10 Å². The summed E-state index contributed by atoms with van der Waals surface area (Å²) in [5.41, 5.74) is 4.36. The molecular formula is C15H15FN6O2. The fraction of sp³-hybridized carbons (Fsp3) is 0.267. The first-order valence-electron chi connectivity index (χ1n) is 7.29. The summed E-state index contributed by atoms with van der Waals surface area (Å²) in [6.07, 6.45) is 2.55. The predicted octanol–water partition coefficient (Wildman–Crippen LogP) is 1.96. The van der Waals surface area contributed by atoms with Gasteiger partial charge in [0, 0.05) is 12.2 Å². The lowest BCUT2D eigenvalue weighted by Crippen LogP contribution is -2.18. The molecule has 0 spiro atoms.